The Labute approximate surface area is 113 Å². The van der Waals surface area contributed by atoms with Crippen molar-refractivity contribution in [2.24, 2.45) is 17.8 Å². The van der Waals surface area contributed by atoms with Gasteiger partial charge in [0.05, 0.1) is 5.69 Å². The van der Waals surface area contributed by atoms with Gasteiger partial charge in [0, 0.05) is 18.4 Å². The number of aryl methyl sites for hydroxylation is 1. The number of carboxylic acids is 1. The molecule has 102 valence electrons. The van der Waals surface area contributed by atoms with Gasteiger partial charge >= 0.3 is 5.97 Å². The molecule has 0 aliphatic heterocycles. The summed E-state index contributed by atoms with van der Waals surface area (Å²) in [5.74, 6) is 1.56. The van der Waals surface area contributed by atoms with E-state index in [4.69, 9.17) is 0 Å². The maximum absolute atomic E-state index is 11.2. The largest absolute Gasteiger partial charge is 0.478 e. The summed E-state index contributed by atoms with van der Waals surface area (Å²) < 4.78 is 0. The molecule has 1 aromatic heterocycles. The van der Waals surface area contributed by atoms with Crippen LogP contribution in [0.3, 0.4) is 0 Å². The van der Waals surface area contributed by atoms with E-state index >= 15 is 0 Å². The van der Waals surface area contributed by atoms with Crippen molar-refractivity contribution >= 4 is 11.7 Å². The Morgan fingerprint density at radius 1 is 1.42 bits per heavy atom. The van der Waals surface area contributed by atoms with Crippen molar-refractivity contribution in [1.82, 2.24) is 4.98 Å². The predicted molar refractivity (Wildman–Crippen MR) is 73.4 cm³/mol. The molecule has 0 bridgehead atoms. The molecular weight excluding hydrogens is 240 g/mol. The second kappa shape index (κ2) is 4.83. The molecule has 3 rings (SSSR count). The number of hydrogen-bond donors (Lipinski definition) is 2. The Morgan fingerprint density at radius 2 is 2.05 bits per heavy atom. The molecular formula is C15H20N2O2. The Bertz CT molecular complexity index is 481. The second-order valence-electron chi connectivity index (χ2n) is 5.90. The van der Waals surface area contributed by atoms with Crippen LogP contribution in [0, 0.1) is 24.7 Å². The lowest BCUT2D eigenvalue weighted by atomic mass is 9.97. The Morgan fingerprint density at radius 3 is 2.58 bits per heavy atom. The van der Waals surface area contributed by atoms with Gasteiger partial charge in [-0.1, -0.05) is 0 Å². The van der Waals surface area contributed by atoms with Gasteiger partial charge in [0.25, 0.3) is 0 Å². The fraction of sp³-hybridized carbons (Fsp3) is 0.600. The lowest BCUT2D eigenvalue weighted by Gasteiger charge is -2.18. The number of anilines is 1. The van der Waals surface area contributed by atoms with Crippen molar-refractivity contribution in [3.63, 3.8) is 0 Å². The fourth-order valence-electron chi connectivity index (χ4n) is 2.87. The second-order valence-corrected chi connectivity index (χ2v) is 5.90. The van der Waals surface area contributed by atoms with Crippen LogP contribution in [0.1, 0.15) is 41.7 Å². The van der Waals surface area contributed by atoms with Gasteiger partial charge in [-0.2, -0.15) is 0 Å². The molecule has 0 radical (unpaired) electrons. The van der Waals surface area contributed by atoms with Gasteiger partial charge in [-0.3, -0.25) is 4.98 Å². The summed E-state index contributed by atoms with van der Waals surface area (Å²) in [4.78, 5) is 15.3. The van der Waals surface area contributed by atoms with E-state index in [0.29, 0.717) is 5.69 Å². The number of aromatic nitrogens is 1. The zero-order valence-corrected chi connectivity index (χ0v) is 11.2. The third-order valence-electron chi connectivity index (χ3n) is 4.25. The summed E-state index contributed by atoms with van der Waals surface area (Å²) in [5, 5.41) is 12.5. The number of nitrogens with one attached hydrogen (secondary N) is 1. The van der Waals surface area contributed by atoms with Crippen LogP contribution in [0.4, 0.5) is 5.69 Å². The lowest BCUT2D eigenvalue weighted by molar-refractivity contribution is 0.0697. The maximum Gasteiger partial charge on any atom is 0.339 e. The van der Waals surface area contributed by atoms with Crippen LogP contribution in [0.15, 0.2) is 12.3 Å². The van der Waals surface area contributed by atoms with Gasteiger partial charge in [-0.25, -0.2) is 4.79 Å². The third-order valence-corrected chi connectivity index (χ3v) is 4.25. The molecule has 0 atom stereocenters. The number of aromatic carboxylic acids is 1. The molecule has 0 saturated heterocycles. The average Bonchev–Trinajstić information content (AvgIpc) is 3.24. The zero-order valence-electron chi connectivity index (χ0n) is 11.2. The van der Waals surface area contributed by atoms with E-state index in [2.05, 4.69) is 10.3 Å². The first-order chi connectivity index (χ1) is 9.15. The first-order valence-corrected chi connectivity index (χ1v) is 7.09. The summed E-state index contributed by atoms with van der Waals surface area (Å²) in [6.45, 7) is 2.79. The molecule has 2 aliphatic rings. The Kier molecular flexibility index (Phi) is 3.17. The number of carbonyl (C=O) groups is 1. The number of carboxylic acid groups (broad SMARTS) is 1. The van der Waals surface area contributed by atoms with E-state index in [-0.39, 0.29) is 5.56 Å². The van der Waals surface area contributed by atoms with Crippen LogP contribution in [-0.4, -0.2) is 22.6 Å². The van der Waals surface area contributed by atoms with Crippen LogP contribution in [-0.2, 0) is 0 Å². The molecule has 0 spiro atoms. The zero-order chi connectivity index (χ0) is 13.4. The number of hydrogen-bond acceptors (Lipinski definition) is 3. The molecule has 0 aromatic carbocycles. The summed E-state index contributed by atoms with van der Waals surface area (Å²) in [5.41, 5.74) is 1.84. The SMILES string of the molecule is Cc1cc(NCC(C2CC2)C2CC2)c(C(=O)O)cn1. The molecule has 19 heavy (non-hydrogen) atoms. The lowest BCUT2D eigenvalue weighted by Crippen LogP contribution is -2.19. The molecule has 4 heteroatoms. The van der Waals surface area contributed by atoms with Gasteiger partial charge in [-0.15, -0.1) is 0 Å². The van der Waals surface area contributed by atoms with Crippen LogP contribution < -0.4 is 5.32 Å². The molecule has 2 saturated carbocycles. The van der Waals surface area contributed by atoms with Crippen LogP contribution in [0.2, 0.25) is 0 Å². The van der Waals surface area contributed by atoms with Crippen molar-refractivity contribution in [2.45, 2.75) is 32.6 Å². The maximum atomic E-state index is 11.2. The molecule has 2 fully saturated rings. The van der Waals surface area contributed by atoms with Crippen molar-refractivity contribution in [3.8, 4) is 0 Å². The summed E-state index contributed by atoms with van der Waals surface area (Å²) >= 11 is 0. The minimum atomic E-state index is -0.913. The Balaban J connectivity index is 1.71. The first kappa shape index (κ1) is 12.5. The first-order valence-electron chi connectivity index (χ1n) is 7.09. The third kappa shape index (κ3) is 2.88. The standard InChI is InChI=1S/C15H20N2O2/c1-9-6-14(13(8-16-9)15(18)19)17-7-12(10-2-3-10)11-4-5-11/h6,8,10-12H,2-5,7H2,1H3,(H,16,17)(H,18,19). The highest BCUT2D eigenvalue weighted by Crippen LogP contribution is 2.49. The topological polar surface area (TPSA) is 62.2 Å². The van der Waals surface area contributed by atoms with E-state index < -0.39 is 5.97 Å². The molecule has 1 heterocycles. The van der Waals surface area contributed by atoms with Gasteiger partial charge < -0.3 is 10.4 Å². The van der Waals surface area contributed by atoms with Crippen molar-refractivity contribution in [2.75, 3.05) is 11.9 Å². The van der Waals surface area contributed by atoms with E-state index in [1.807, 2.05) is 13.0 Å². The number of rotatable bonds is 6. The van der Waals surface area contributed by atoms with E-state index in [1.165, 1.54) is 31.9 Å². The molecule has 2 N–H and O–H groups in total. The highest BCUT2D eigenvalue weighted by Gasteiger charge is 2.41. The molecule has 4 nitrogen and oxygen atoms in total. The van der Waals surface area contributed by atoms with Crippen LogP contribution in [0.25, 0.3) is 0 Å². The van der Waals surface area contributed by atoms with Crippen LogP contribution in [0.5, 0.6) is 0 Å². The van der Waals surface area contributed by atoms with Crippen LogP contribution >= 0.6 is 0 Å². The van der Waals surface area contributed by atoms with E-state index in [0.717, 1.165) is 30.0 Å². The van der Waals surface area contributed by atoms with E-state index in [9.17, 15) is 9.90 Å². The molecule has 0 amide bonds. The highest BCUT2D eigenvalue weighted by molar-refractivity contribution is 5.93. The fourth-order valence-corrected chi connectivity index (χ4v) is 2.87. The smallest absolute Gasteiger partial charge is 0.339 e. The predicted octanol–water partition coefficient (Wildman–Crippen LogP) is 2.94. The number of nitrogens with zero attached hydrogens (tertiary/aromatic N) is 1. The summed E-state index contributed by atoms with van der Waals surface area (Å²) in [6, 6.07) is 1.83. The average molecular weight is 260 g/mol. The summed E-state index contributed by atoms with van der Waals surface area (Å²) in [7, 11) is 0. The van der Waals surface area contributed by atoms with Gasteiger partial charge in [0.2, 0.25) is 0 Å². The van der Waals surface area contributed by atoms with Gasteiger partial charge in [-0.05, 0) is 56.4 Å². The minimum Gasteiger partial charge on any atom is -0.478 e. The van der Waals surface area contributed by atoms with Gasteiger partial charge in [0.1, 0.15) is 5.56 Å². The minimum absolute atomic E-state index is 0.274. The number of pyridine rings is 1. The summed E-state index contributed by atoms with van der Waals surface area (Å²) in [6.07, 6.45) is 6.85. The van der Waals surface area contributed by atoms with Gasteiger partial charge in [0.15, 0.2) is 0 Å². The monoisotopic (exact) mass is 260 g/mol. The molecule has 2 aliphatic carbocycles. The van der Waals surface area contributed by atoms with E-state index in [1.54, 1.807) is 0 Å². The highest BCUT2D eigenvalue weighted by atomic mass is 16.4. The Hall–Kier alpha value is -1.58. The quantitative estimate of drug-likeness (QED) is 0.825. The van der Waals surface area contributed by atoms with Crippen molar-refractivity contribution < 1.29 is 9.90 Å². The van der Waals surface area contributed by atoms with Crippen molar-refractivity contribution in [3.05, 3.63) is 23.5 Å². The molecule has 1 aromatic rings. The molecule has 0 unspecified atom stereocenters. The normalized spacial score (nSPS) is 18.6. The van der Waals surface area contributed by atoms with Crippen molar-refractivity contribution in [1.29, 1.82) is 0 Å².